The summed E-state index contributed by atoms with van der Waals surface area (Å²) in [5, 5.41) is 5.10. The third-order valence-corrected chi connectivity index (χ3v) is 7.82. The molecule has 0 saturated carbocycles. The van der Waals surface area contributed by atoms with Crippen molar-refractivity contribution in [3.05, 3.63) is 96.2 Å². The number of carbonyl (C=O) groups excluding carboxylic acids is 2. The smallest absolute Gasteiger partial charge is 0.416 e. The van der Waals surface area contributed by atoms with E-state index in [1.165, 1.54) is 26.0 Å². The van der Waals surface area contributed by atoms with Crippen LogP contribution in [0.2, 0.25) is 0 Å². The molecule has 260 valence electrons. The van der Waals surface area contributed by atoms with E-state index < -0.39 is 34.8 Å². The molecule has 1 aromatic heterocycles. The van der Waals surface area contributed by atoms with Crippen LogP contribution in [0.5, 0.6) is 11.6 Å². The van der Waals surface area contributed by atoms with Gasteiger partial charge in [0.05, 0.1) is 18.1 Å². The maximum Gasteiger partial charge on any atom is 0.416 e. The first-order valence-corrected chi connectivity index (χ1v) is 15.6. The van der Waals surface area contributed by atoms with E-state index in [0.29, 0.717) is 25.5 Å². The minimum absolute atomic E-state index is 0.0992. The van der Waals surface area contributed by atoms with Crippen molar-refractivity contribution in [3.8, 4) is 11.6 Å². The lowest BCUT2D eigenvalue weighted by Crippen LogP contribution is -2.51. The highest BCUT2D eigenvalue weighted by Gasteiger charge is 2.39. The van der Waals surface area contributed by atoms with Gasteiger partial charge in [0.25, 0.3) is 0 Å². The number of carbonyl (C=O) groups is 2. The van der Waals surface area contributed by atoms with Crippen LogP contribution in [0.3, 0.4) is 0 Å². The summed E-state index contributed by atoms with van der Waals surface area (Å²) in [4.78, 5) is 34.2. The molecule has 10 nitrogen and oxygen atoms in total. The maximum atomic E-state index is 14.1. The van der Waals surface area contributed by atoms with E-state index >= 15 is 0 Å². The van der Waals surface area contributed by atoms with E-state index in [1.54, 1.807) is 39.4 Å². The van der Waals surface area contributed by atoms with Crippen molar-refractivity contribution in [2.75, 3.05) is 25.6 Å². The van der Waals surface area contributed by atoms with Gasteiger partial charge in [0, 0.05) is 37.2 Å². The molecule has 4 rings (SSSR count). The number of rotatable bonds is 12. The molecule has 2 aromatic carbocycles. The second-order valence-electron chi connectivity index (χ2n) is 12.1. The number of esters is 1. The molecular formula is C36H40F3N4O6+. The molecule has 3 aromatic rings. The lowest BCUT2D eigenvalue weighted by Gasteiger charge is -2.34. The third-order valence-electron chi connectivity index (χ3n) is 7.82. The largest absolute Gasteiger partial charge is 0.497 e. The molecule has 0 fully saturated rings. The average Bonchev–Trinajstić information content (AvgIpc) is 3.05. The number of urea groups is 1. The number of hydrogen-bond donors (Lipinski definition) is 2. The van der Waals surface area contributed by atoms with Crippen LogP contribution in [0.15, 0.2) is 72.0 Å². The van der Waals surface area contributed by atoms with E-state index in [9.17, 15) is 22.8 Å². The zero-order chi connectivity index (χ0) is 35.8. The summed E-state index contributed by atoms with van der Waals surface area (Å²) in [5.41, 5.74) is -0.961. The van der Waals surface area contributed by atoms with Gasteiger partial charge < -0.3 is 24.3 Å². The van der Waals surface area contributed by atoms with Crippen LogP contribution < -0.4 is 20.1 Å². The lowest BCUT2D eigenvalue weighted by atomic mass is 9.84. The summed E-state index contributed by atoms with van der Waals surface area (Å²) in [6.07, 6.45) is -1.40. The molecule has 13 heteroatoms. The molecule has 0 spiro atoms. The predicted molar refractivity (Wildman–Crippen MR) is 179 cm³/mol. The van der Waals surface area contributed by atoms with Gasteiger partial charge in [0.1, 0.15) is 30.7 Å². The molecule has 1 aliphatic rings. The van der Waals surface area contributed by atoms with Gasteiger partial charge in [0.2, 0.25) is 12.5 Å². The number of halogens is 3. The number of anilines is 1. The normalized spacial score (nSPS) is 16.2. The third kappa shape index (κ3) is 9.53. The van der Waals surface area contributed by atoms with Crippen LogP contribution in [-0.2, 0) is 33.5 Å². The van der Waals surface area contributed by atoms with Gasteiger partial charge >= 0.3 is 18.2 Å². The molecule has 49 heavy (non-hydrogen) atoms. The van der Waals surface area contributed by atoms with Crippen molar-refractivity contribution < 1.29 is 41.7 Å². The first kappa shape index (κ1) is 36.8. The number of amidine groups is 1. The number of aromatic nitrogens is 1. The monoisotopic (exact) mass is 681 g/mol. The van der Waals surface area contributed by atoms with E-state index in [0.717, 1.165) is 28.5 Å². The van der Waals surface area contributed by atoms with Crippen molar-refractivity contribution in [2.24, 2.45) is 10.4 Å². The number of nitrogens with one attached hydrogen (secondary N) is 2. The summed E-state index contributed by atoms with van der Waals surface area (Å²) in [6, 6.07) is 13.7. The Hall–Kier alpha value is -5.04. The van der Waals surface area contributed by atoms with E-state index in [2.05, 4.69) is 27.5 Å². The highest BCUT2D eigenvalue weighted by atomic mass is 19.4. The van der Waals surface area contributed by atoms with Crippen LogP contribution in [0, 0.1) is 12.3 Å². The van der Waals surface area contributed by atoms with Crippen LogP contribution in [0.1, 0.15) is 56.4 Å². The van der Waals surface area contributed by atoms with Gasteiger partial charge in [-0.25, -0.2) is 14.8 Å². The molecule has 2 N–H and O–H groups in total. The Labute approximate surface area is 283 Å². The Morgan fingerprint density at radius 2 is 1.78 bits per heavy atom. The molecule has 1 atom stereocenters. The summed E-state index contributed by atoms with van der Waals surface area (Å²) >= 11 is 0. The highest BCUT2D eigenvalue weighted by Crippen LogP contribution is 2.37. The minimum atomic E-state index is -4.74. The van der Waals surface area contributed by atoms with Gasteiger partial charge in [-0.3, -0.25) is 10.1 Å². The Bertz CT molecular complexity index is 1690. The number of ether oxygens (including phenoxy) is 4. The van der Waals surface area contributed by atoms with Crippen molar-refractivity contribution in [3.63, 3.8) is 0 Å². The molecule has 0 radical (unpaired) electrons. The molecule has 0 bridgehead atoms. The van der Waals surface area contributed by atoms with Crippen LogP contribution >= 0.6 is 0 Å². The standard InChI is InChI=1S/C36H39F3N4O6/c1-7-47-32(44)34(3,4)18-24-11-13-27(17-29(24)36(37,38)39)42-33(45)43-31-35(5,49-8-2)19-26(21-41-31)25-12-16-30(40-20-25)48-22-23-9-14-28(46-6)15-10-23/h9-17,20-21H,1,7-8,18-19,22H2,2-6H3,(H-,41,42,43,45)/p+1. The number of amides is 2. The van der Waals surface area contributed by atoms with E-state index in [-0.39, 0.29) is 30.1 Å². The fourth-order valence-corrected chi connectivity index (χ4v) is 5.26. The summed E-state index contributed by atoms with van der Waals surface area (Å²) in [5.74, 6) is 0.711. The number of nitrogens with zero attached hydrogens (tertiary/aromatic N) is 2. The lowest BCUT2D eigenvalue weighted by molar-refractivity contribution is -0.153. The topological polar surface area (TPSA) is 120 Å². The second-order valence-corrected chi connectivity index (χ2v) is 12.1. The van der Waals surface area contributed by atoms with Crippen LogP contribution in [0.25, 0.3) is 5.57 Å². The Morgan fingerprint density at radius 1 is 1.04 bits per heavy atom. The Balaban J connectivity index is 1.46. The first-order valence-electron chi connectivity index (χ1n) is 15.6. The van der Waals surface area contributed by atoms with Crippen LogP contribution in [-0.4, -0.2) is 48.7 Å². The number of pyridine rings is 1. The predicted octanol–water partition coefficient (Wildman–Crippen LogP) is 7.39. The van der Waals surface area contributed by atoms with E-state index in [1.807, 2.05) is 30.3 Å². The van der Waals surface area contributed by atoms with Crippen molar-refractivity contribution in [1.82, 2.24) is 10.3 Å². The summed E-state index contributed by atoms with van der Waals surface area (Å²) < 4.78 is 64.1. The number of aliphatic imine (C=N–C) groups is 1. The molecule has 2 amide bonds. The summed E-state index contributed by atoms with van der Waals surface area (Å²) in [7, 11) is 1.60. The van der Waals surface area contributed by atoms with Crippen molar-refractivity contribution >= 4 is 29.1 Å². The molecule has 2 heterocycles. The quantitative estimate of drug-likeness (QED) is 0.151. The van der Waals surface area contributed by atoms with Crippen LogP contribution in [0.4, 0.5) is 23.7 Å². The zero-order valence-electron chi connectivity index (χ0n) is 28.1. The van der Waals surface area contributed by atoms with Gasteiger partial charge in [-0.05, 0) is 86.7 Å². The van der Waals surface area contributed by atoms with Crippen molar-refractivity contribution in [2.45, 2.75) is 58.9 Å². The molecule has 0 saturated heterocycles. The molecule has 1 unspecified atom stereocenters. The number of benzene rings is 2. The number of alkyl halides is 3. The van der Waals surface area contributed by atoms with Gasteiger partial charge in [-0.15, -0.1) is 0 Å². The van der Waals surface area contributed by atoms with Gasteiger partial charge in [-0.2, -0.15) is 13.2 Å². The van der Waals surface area contributed by atoms with Crippen molar-refractivity contribution in [1.29, 1.82) is 0 Å². The SMILES string of the molecule is [CH2+]COC(=O)C(C)(C)Cc1ccc(NC(=O)NC2=NC=C(c3ccc(OCc4ccc(OC)cc4)nc3)CC2(C)OCC)cc1C(F)(F)F. The number of methoxy groups -OCH3 is 1. The molecule has 1 aliphatic heterocycles. The Kier molecular flexibility index (Phi) is 11.6. The molecular weight excluding hydrogens is 641 g/mol. The second kappa shape index (κ2) is 15.5. The van der Waals surface area contributed by atoms with E-state index in [4.69, 9.17) is 18.9 Å². The maximum absolute atomic E-state index is 14.1. The summed E-state index contributed by atoms with van der Waals surface area (Å²) in [6.45, 7) is 10.5. The number of hydrogen-bond acceptors (Lipinski definition) is 8. The van der Waals surface area contributed by atoms with Gasteiger partial charge in [0.15, 0.2) is 0 Å². The average molecular weight is 682 g/mol. The fourth-order valence-electron chi connectivity index (χ4n) is 5.26. The van der Waals surface area contributed by atoms with Gasteiger partial charge in [-0.1, -0.05) is 18.2 Å². The zero-order valence-corrected chi connectivity index (χ0v) is 28.1. The first-order chi connectivity index (χ1) is 23.2. The highest BCUT2D eigenvalue weighted by molar-refractivity contribution is 6.08. The Morgan fingerprint density at radius 3 is 2.39 bits per heavy atom. The molecule has 0 aliphatic carbocycles. The minimum Gasteiger partial charge on any atom is -0.497 e. The fraction of sp³-hybridized carbons (Fsp3) is 0.361.